The molecule has 3 aromatic carbocycles. The molecule has 34 heavy (non-hydrogen) atoms. The van der Waals surface area contributed by atoms with Gasteiger partial charge in [0.15, 0.2) is 0 Å². The molecular formula is C27H27N3O4. The van der Waals surface area contributed by atoms with E-state index in [2.05, 4.69) is 5.32 Å². The number of carbonyl (C=O) groups is 3. The number of nitrogens with one attached hydrogen (secondary N) is 1. The van der Waals surface area contributed by atoms with Gasteiger partial charge in [-0.05, 0) is 67.4 Å². The Morgan fingerprint density at radius 2 is 1.62 bits per heavy atom. The molecular weight excluding hydrogens is 430 g/mol. The standard InChI is InChI=1S/C27H27N3O4/c1-17-3-11-21(12-4-17)30-24(31)16-15-23(25(30)18-7-13-22(34-2)14-8-18)27(33)29-20-9-5-19(6-10-20)26(28)32/h3-14,23,25H,15-16H2,1-2H3,(H2,28,32)(H,29,33)/t23-,25+/m0/s1. The van der Waals surface area contributed by atoms with Gasteiger partial charge in [0.05, 0.1) is 19.1 Å². The van der Waals surface area contributed by atoms with E-state index in [1.54, 1.807) is 36.3 Å². The van der Waals surface area contributed by atoms with Gasteiger partial charge in [0.2, 0.25) is 17.7 Å². The summed E-state index contributed by atoms with van der Waals surface area (Å²) >= 11 is 0. The third-order valence-corrected chi connectivity index (χ3v) is 6.14. The second kappa shape index (κ2) is 9.79. The molecule has 0 bridgehead atoms. The third-order valence-electron chi connectivity index (χ3n) is 6.14. The highest BCUT2D eigenvalue weighted by Gasteiger charge is 2.41. The van der Waals surface area contributed by atoms with Gasteiger partial charge in [-0.2, -0.15) is 0 Å². The first-order chi connectivity index (χ1) is 16.4. The van der Waals surface area contributed by atoms with Crippen molar-refractivity contribution in [1.82, 2.24) is 0 Å². The Morgan fingerprint density at radius 1 is 0.971 bits per heavy atom. The van der Waals surface area contributed by atoms with Crippen LogP contribution in [0.25, 0.3) is 0 Å². The molecule has 4 rings (SSSR count). The summed E-state index contributed by atoms with van der Waals surface area (Å²) in [7, 11) is 1.59. The van der Waals surface area contributed by atoms with Crippen molar-refractivity contribution in [2.24, 2.45) is 11.7 Å². The van der Waals surface area contributed by atoms with E-state index in [0.29, 0.717) is 23.4 Å². The summed E-state index contributed by atoms with van der Waals surface area (Å²) < 4.78 is 5.29. The molecule has 0 aliphatic carbocycles. The average Bonchev–Trinajstić information content (AvgIpc) is 2.85. The Morgan fingerprint density at radius 3 is 2.21 bits per heavy atom. The minimum atomic E-state index is -0.531. The number of hydrogen-bond donors (Lipinski definition) is 2. The second-order valence-electron chi connectivity index (χ2n) is 8.39. The molecule has 7 nitrogen and oxygen atoms in total. The number of amides is 3. The van der Waals surface area contributed by atoms with Crippen LogP contribution in [0.1, 0.15) is 40.4 Å². The number of primary amides is 1. The Kier molecular flexibility index (Phi) is 6.63. The Labute approximate surface area is 198 Å². The lowest BCUT2D eigenvalue weighted by molar-refractivity contribution is -0.125. The first-order valence-corrected chi connectivity index (χ1v) is 11.1. The number of aryl methyl sites for hydroxylation is 1. The monoisotopic (exact) mass is 457 g/mol. The smallest absolute Gasteiger partial charge is 0.248 e. The number of nitrogens with zero attached hydrogens (tertiary/aromatic N) is 1. The van der Waals surface area contributed by atoms with Gasteiger partial charge in [0.1, 0.15) is 5.75 Å². The molecule has 0 spiro atoms. The van der Waals surface area contributed by atoms with E-state index in [4.69, 9.17) is 10.5 Å². The fourth-order valence-corrected chi connectivity index (χ4v) is 4.31. The van der Waals surface area contributed by atoms with E-state index < -0.39 is 17.9 Å². The number of hydrogen-bond acceptors (Lipinski definition) is 4. The van der Waals surface area contributed by atoms with E-state index in [0.717, 1.165) is 16.8 Å². The molecule has 0 radical (unpaired) electrons. The summed E-state index contributed by atoms with van der Waals surface area (Å²) in [6.45, 7) is 1.99. The summed E-state index contributed by atoms with van der Waals surface area (Å²) in [6, 6.07) is 21.1. The lowest BCUT2D eigenvalue weighted by atomic mass is 9.83. The maximum absolute atomic E-state index is 13.5. The van der Waals surface area contributed by atoms with Crippen molar-refractivity contribution in [1.29, 1.82) is 0 Å². The summed E-state index contributed by atoms with van der Waals surface area (Å²) in [5.41, 5.74) is 8.91. The van der Waals surface area contributed by atoms with Crippen LogP contribution in [-0.2, 0) is 9.59 Å². The molecule has 0 saturated carbocycles. The zero-order valence-electron chi connectivity index (χ0n) is 19.2. The molecule has 0 unspecified atom stereocenters. The molecule has 2 atom stereocenters. The lowest BCUT2D eigenvalue weighted by Gasteiger charge is -2.41. The number of benzene rings is 3. The number of ether oxygens (including phenoxy) is 1. The van der Waals surface area contributed by atoms with Crippen molar-refractivity contribution in [2.75, 3.05) is 17.3 Å². The number of carbonyl (C=O) groups excluding carboxylic acids is 3. The summed E-state index contributed by atoms with van der Waals surface area (Å²) in [5.74, 6) is -0.541. The number of piperidine rings is 1. The van der Waals surface area contributed by atoms with Crippen LogP contribution in [0.5, 0.6) is 5.75 Å². The summed E-state index contributed by atoms with van der Waals surface area (Å²) in [5, 5.41) is 2.94. The van der Waals surface area contributed by atoms with Crippen LogP contribution in [0.3, 0.4) is 0 Å². The predicted molar refractivity (Wildman–Crippen MR) is 131 cm³/mol. The van der Waals surface area contributed by atoms with Crippen LogP contribution in [0, 0.1) is 12.8 Å². The van der Waals surface area contributed by atoms with Gasteiger partial charge in [0, 0.05) is 23.4 Å². The topological polar surface area (TPSA) is 102 Å². The Balaban J connectivity index is 1.69. The van der Waals surface area contributed by atoms with Crippen molar-refractivity contribution >= 4 is 29.1 Å². The molecule has 3 amide bonds. The quantitative estimate of drug-likeness (QED) is 0.578. The maximum Gasteiger partial charge on any atom is 0.248 e. The number of methoxy groups -OCH3 is 1. The molecule has 1 heterocycles. The number of anilines is 2. The van der Waals surface area contributed by atoms with Gasteiger partial charge < -0.3 is 20.7 Å². The van der Waals surface area contributed by atoms with Crippen molar-refractivity contribution in [3.63, 3.8) is 0 Å². The van der Waals surface area contributed by atoms with E-state index in [1.165, 1.54) is 0 Å². The van der Waals surface area contributed by atoms with Crippen LogP contribution in [0.4, 0.5) is 11.4 Å². The maximum atomic E-state index is 13.5. The molecule has 1 aliphatic heterocycles. The average molecular weight is 458 g/mol. The highest BCUT2D eigenvalue weighted by atomic mass is 16.5. The molecule has 0 aromatic heterocycles. The zero-order valence-corrected chi connectivity index (χ0v) is 19.2. The fourth-order valence-electron chi connectivity index (χ4n) is 4.31. The molecule has 1 fully saturated rings. The van der Waals surface area contributed by atoms with Crippen LogP contribution in [-0.4, -0.2) is 24.8 Å². The first-order valence-electron chi connectivity index (χ1n) is 11.1. The largest absolute Gasteiger partial charge is 0.497 e. The normalized spacial score (nSPS) is 17.8. The Bertz CT molecular complexity index is 1190. The molecule has 1 saturated heterocycles. The molecule has 3 N–H and O–H groups in total. The molecule has 3 aromatic rings. The van der Waals surface area contributed by atoms with E-state index in [9.17, 15) is 14.4 Å². The minimum absolute atomic E-state index is 0.0282. The van der Waals surface area contributed by atoms with Gasteiger partial charge in [0.25, 0.3) is 0 Å². The van der Waals surface area contributed by atoms with Gasteiger partial charge in [-0.3, -0.25) is 14.4 Å². The summed E-state index contributed by atoms with van der Waals surface area (Å²) in [6.07, 6.45) is 0.683. The van der Waals surface area contributed by atoms with Crippen LogP contribution < -0.4 is 20.7 Å². The van der Waals surface area contributed by atoms with E-state index in [1.807, 2.05) is 55.5 Å². The van der Waals surface area contributed by atoms with Crippen molar-refractivity contribution in [2.45, 2.75) is 25.8 Å². The van der Waals surface area contributed by atoms with E-state index >= 15 is 0 Å². The van der Waals surface area contributed by atoms with Crippen LogP contribution in [0.2, 0.25) is 0 Å². The molecule has 1 aliphatic rings. The Hall–Kier alpha value is -4.13. The summed E-state index contributed by atoms with van der Waals surface area (Å²) in [4.78, 5) is 39.7. The van der Waals surface area contributed by atoms with Gasteiger partial charge in [-0.15, -0.1) is 0 Å². The van der Waals surface area contributed by atoms with Crippen LogP contribution in [0.15, 0.2) is 72.8 Å². The van der Waals surface area contributed by atoms with E-state index in [-0.39, 0.29) is 18.2 Å². The number of rotatable bonds is 6. The van der Waals surface area contributed by atoms with Crippen LogP contribution >= 0.6 is 0 Å². The highest BCUT2D eigenvalue weighted by molar-refractivity contribution is 6.00. The molecule has 7 heteroatoms. The van der Waals surface area contributed by atoms with Gasteiger partial charge >= 0.3 is 0 Å². The van der Waals surface area contributed by atoms with Gasteiger partial charge in [-0.1, -0.05) is 29.8 Å². The first kappa shape index (κ1) is 23.0. The third kappa shape index (κ3) is 4.78. The highest BCUT2D eigenvalue weighted by Crippen LogP contribution is 2.41. The van der Waals surface area contributed by atoms with Gasteiger partial charge in [-0.25, -0.2) is 0 Å². The van der Waals surface area contributed by atoms with Crippen molar-refractivity contribution in [3.05, 3.63) is 89.5 Å². The lowest BCUT2D eigenvalue weighted by Crippen LogP contribution is -2.47. The SMILES string of the molecule is COc1ccc([C@@H]2[C@@H](C(=O)Nc3ccc(C(N)=O)cc3)CCC(=O)N2c2ccc(C)cc2)cc1. The predicted octanol–water partition coefficient (Wildman–Crippen LogP) is 4.23. The number of nitrogens with two attached hydrogens (primary N) is 1. The minimum Gasteiger partial charge on any atom is -0.497 e. The zero-order chi connectivity index (χ0) is 24.2. The fraction of sp³-hybridized carbons (Fsp3) is 0.222. The van der Waals surface area contributed by atoms with Crippen molar-refractivity contribution in [3.8, 4) is 5.75 Å². The van der Waals surface area contributed by atoms with Crippen molar-refractivity contribution < 1.29 is 19.1 Å². The molecule has 174 valence electrons. The second-order valence-corrected chi connectivity index (χ2v) is 8.39.